The molecule has 1 aromatic carbocycles. The summed E-state index contributed by atoms with van der Waals surface area (Å²) < 4.78 is 44.9. The van der Waals surface area contributed by atoms with Crippen molar-refractivity contribution in [1.29, 1.82) is 0 Å². The van der Waals surface area contributed by atoms with Gasteiger partial charge in [-0.2, -0.15) is 5.10 Å². The first-order valence-corrected chi connectivity index (χ1v) is 11.1. The molecule has 5 heterocycles. The van der Waals surface area contributed by atoms with Gasteiger partial charge in [0.05, 0.1) is 23.0 Å². The number of hydrogen-bond donors (Lipinski definition) is 0. The fourth-order valence-electron chi connectivity index (χ4n) is 5.59. The van der Waals surface area contributed by atoms with E-state index in [2.05, 4.69) is 15.1 Å². The van der Waals surface area contributed by atoms with Crippen LogP contribution in [0.15, 0.2) is 30.7 Å². The van der Waals surface area contributed by atoms with E-state index >= 15 is 0 Å². The van der Waals surface area contributed by atoms with Crippen LogP contribution in [0.4, 0.5) is 13.2 Å². The number of nitrogens with zero attached hydrogens (tertiary/aromatic N) is 6. The van der Waals surface area contributed by atoms with Crippen LogP contribution in [0.25, 0.3) is 22.4 Å². The zero-order valence-corrected chi connectivity index (χ0v) is 18.6. The molecule has 2 atom stereocenters. The molecule has 0 saturated carbocycles. The number of fused-ring (bicyclic) bond motifs is 5. The number of piperidine rings is 1. The lowest BCUT2D eigenvalue weighted by molar-refractivity contribution is 0.0393. The summed E-state index contributed by atoms with van der Waals surface area (Å²) in [6, 6.07) is 1.64. The van der Waals surface area contributed by atoms with Crippen molar-refractivity contribution in [2.24, 2.45) is 14.1 Å². The van der Waals surface area contributed by atoms with Gasteiger partial charge in [-0.1, -0.05) is 0 Å². The molecule has 6 rings (SSSR count). The Morgan fingerprint density at radius 1 is 1.06 bits per heavy atom. The quantitative estimate of drug-likeness (QED) is 0.418. The van der Waals surface area contributed by atoms with E-state index in [-0.39, 0.29) is 23.6 Å². The molecule has 1 amide bonds. The number of amides is 1. The highest BCUT2D eigenvalue weighted by Gasteiger charge is 2.44. The Bertz CT molecular complexity index is 1450. The molecule has 2 bridgehead atoms. The molecule has 2 aliphatic rings. The first-order chi connectivity index (χ1) is 16.3. The molecule has 1 fully saturated rings. The van der Waals surface area contributed by atoms with Crippen LogP contribution in [0.3, 0.4) is 0 Å². The number of rotatable bonds is 2. The van der Waals surface area contributed by atoms with E-state index in [0.29, 0.717) is 28.8 Å². The lowest BCUT2D eigenvalue weighted by Gasteiger charge is -2.45. The first-order valence-electron chi connectivity index (χ1n) is 11.1. The topological polar surface area (TPSA) is 68.8 Å². The second kappa shape index (κ2) is 7.41. The minimum atomic E-state index is -1.49. The second-order valence-corrected chi connectivity index (χ2v) is 8.99. The summed E-state index contributed by atoms with van der Waals surface area (Å²) >= 11 is 0. The van der Waals surface area contributed by atoms with Crippen molar-refractivity contribution in [2.75, 3.05) is 0 Å². The van der Waals surface area contributed by atoms with Crippen LogP contribution in [-0.4, -0.2) is 41.2 Å². The van der Waals surface area contributed by atoms with Gasteiger partial charge in [-0.15, -0.1) is 0 Å². The molecule has 3 aromatic heterocycles. The van der Waals surface area contributed by atoms with E-state index in [4.69, 9.17) is 0 Å². The highest BCUT2D eigenvalue weighted by Crippen LogP contribution is 2.45. The summed E-state index contributed by atoms with van der Waals surface area (Å²) in [5.74, 6) is -4.10. The van der Waals surface area contributed by atoms with E-state index in [9.17, 15) is 18.0 Å². The Kier molecular flexibility index (Phi) is 4.55. The Morgan fingerprint density at radius 2 is 1.79 bits per heavy atom. The fourth-order valence-corrected chi connectivity index (χ4v) is 5.59. The predicted molar refractivity (Wildman–Crippen MR) is 117 cm³/mol. The van der Waals surface area contributed by atoms with Gasteiger partial charge < -0.3 is 9.47 Å². The third-order valence-corrected chi connectivity index (χ3v) is 6.99. The summed E-state index contributed by atoms with van der Waals surface area (Å²) in [7, 11) is 3.53. The zero-order valence-electron chi connectivity index (χ0n) is 18.6. The number of carbonyl (C=O) groups excluding carboxylic acids is 1. The van der Waals surface area contributed by atoms with Gasteiger partial charge in [-0.05, 0) is 37.8 Å². The van der Waals surface area contributed by atoms with E-state index in [1.807, 2.05) is 11.9 Å². The van der Waals surface area contributed by atoms with Crippen LogP contribution in [0.5, 0.6) is 0 Å². The molecule has 0 N–H and O–H groups in total. The minimum Gasteiger partial charge on any atom is -0.333 e. The number of halogens is 3. The molecule has 1 saturated heterocycles. The SMILES string of the molecule is Cn1nc2c(c1-c1cc(F)c(F)c(F)c1)CC1CCCC2N1C(=O)c1cn(C)c2nccnc12. The molecule has 2 aliphatic heterocycles. The van der Waals surface area contributed by atoms with Crippen LogP contribution in [0, 0.1) is 17.5 Å². The molecular formula is C24H21F3N6O. The number of benzene rings is 1. The standard InChI is InChI=1S/C24H21F3N6O/c1-31-11-15(21-23(31)29-7-6-28-21)24(34)33-13-4-3-5-18(33)20-14(10-13)22(32(2)30-20)12-8-16(25)19(27)17(26)9-12/h6-9,11,13,18H,3-5,10H2,1-2H3. The van der Waals surface area contributed by atoms with Crippen molar-refractivity contribution in [3.05, 3.63) is 65.0 Å². The molecular weight excluding hydrogens is 445 g/mol. The second-order valence-electron chi connectivity index (χ2n) is 8.99. The first kappa shape index (κ1) is 20.9. The average molecular weight is 466 g/mol. The Hall–Kier alpha value is -3.69. The van der Waals surface area contributed by atoms with Crippen LogP contribution in [0.2, 0.25) is 0 Å². The third-order valence-electron chi connectivity index (χ3n) is 6.99. The molecule has 0 spiro atoms. The van der Waals surface area contributed by atoms with Crippen molar-refractivity contribution in [1.82, 2.24) is 29.2 Å². The summed E-state index contributed by atoms with van der Waals surface area (Å²) in [6.45, 7) is 0. The van der Waals surface area contributed by atoms with Crippen molar-refractivity contribution in [3.63, 3.8) is 0 Å². The molecule has 34 heavy (non-hydrogen) atoms. The minimum absolute atomic E-state index is 0.0937. The molecule has 174 valence electrons. The third kappa shape index (κ3) is 2.90. The van der Waals surface area contributed by atoms with E-state index < -0.39 is 17.5 Å². The van der Waals surface area contributed by atoms with Gasteiger partial charge in [0.2, 0.25) is 0 Å². The Morgan fingerprint density at radius 3 is 2.56 bits per heavy atom. The molecule has 0 radical (unpaired) electrons. The maximum absolute atomic E-state index is 14.0. The lowest BCUT2D eigenvalue weighted by Crippen LogP contribution is -2.49. The number of carbonyl (C=O) groups is 1. The van der Waals surface area contributed by atoms with E-state index in [1.165, 1.54) is 0 Å². The van der Waals surface area contributed by atoms with E-state index in [0.717, 1.165) is 42.7 Å². The van der Waals surface area contributed by atoms with Crippen LogP contribution < -0.4 is 0 Å². The lowest BCUT2D eigenvalue weighted by atomic mass is 9.81. The highest BCUT2D eigenvalue weighted by molar-refractivity contribution is 6.05. The molecule has 0 aliphatic carbocycles. The molecule has 4 aromatic rings. The van der Waals surface area contributed by atoms with Gasteiger partial charge in [-0.3, -0.25) is 14.5 Å². The maximum atomic E-state index is 14.0. The van der Waals surface area contributed by atoms with Crippen LogP contribution >= 0.6 is 0 Å². The van der Waals surface area contributed by atoms with Crippen molar-refractivity contribution < 1.29 is 18.0 Å². The highest BCUT2D eigenvalue weighted by atomic mass is 19.2. The predicted octanol–water partition coefficient (Wildman–Crippen LogP) is 4.08. The Labute approximate surface area is 192 Å². The number of aromatic nitrogens is 5. The van der Waals surface area contributed by atoms with Gasteiger partial charge in [0.1, 0.15) is 5.52 Å². The van der Waals surface area contributed by atoms with Crippen LogP contribution in [-0.2, 0) is 20.5 Å². The largest absolute Gasteiger partial charge is 0.333 e. The normalized spacial score (nSPS) is 19.5. The van der Waals surface area contributed by atoms with Gasteiger partial charge in [-0.25, -0.2) is 18.2 Å². The van der Waals surface area contributed by atoms with Crippen molar-refractivity contribution in [3.8, 4) is 11.3 Å². The summed E-state index contributed by atoms with van der Waals surface area (Å²) in [5, 5.41) is 4.67. The molecule has 2 unspecified atom stereocenters. The smallest absolute Gasteiger partial charge is 0.258 e. The average Bonchev–Trinajstić information content (AvgIpc) is 3.33. The van der Waals surface area contributed by atoms with E-state index in [1.54, 1.807) is 34.9 Å². The van der Waals surface area contributed by atoms with Crippen molar-refractivity contribution >= 4 is 17.1 Å². The molecule has 7 nitrogen and oxygen atoms in total. The van der Waals surface area contributed by atoms with Gasteiger partial charge in [0.25, 0.3) is 5.91 Å². The van der Waals surface area contributed by atoms with Gasteiger partial charge in [0, 0.05) is 49.9 Å². The summed E-state index contributed by atoms with van der Waals surface area (Å²) in [6.07, 6.45) is 7.89. The van der Waals surface area contributed by atoms with Gasteiger partial charge >= 0.3 is 0 Å². The fraction of sp³-hybridized carbons (Fsp3) is 0.333. The number of hydrogen-bond acceptors (Lipinski definition) is 4. The molecule has 10 heteroatoms. The Balaban J connectivity index is 1.46. The monoisotopic (exact) mass is 466 g/mol. The van der Waals surface area contributed by atoms with Gasteiger partial charge in [0.15, 0.2) is 23.1 Å². The summed E-state index contributed by atoms with van der Waals surface area (Å²) in [4.78, 5) is 24.4. The zero-order chi connectivity index (χ0) is 23.7. The maximum Gasteiger partial charge on any atom is 0.258 e. The van der Waals surface area contributed by atoms with Crippen LogP contribution in [0.1, 0.15) is 46.9 Å². The number of aryl methyl sites for hydroxylation is 2. The van der Waals surface area contributed by atoms with Crippen molar-refractivity contribution in [2.45, 2.75) is 37.8 Å². The summed E-state index contributed by atoms with van der Waals surface area (Å²) in [5.41, 5.74) is 4.03.